The second-order valence-electron chi connectivity index (χ2n) is 7.96. The molecule has 3 amide bonds. The van der Waals surface area contributed by atoms with Gasteiger partial charge in [-0.05, 0) is 25.1 Å². The van der Waals surface area contributed by atoms with Crippen molar-refractivity contribution < 1.29 is 28.6 Å². The molecule has 9 heteroatoms. The number of carbonyl (C=O) groups excluding carboxylic acids is 3. The molecule has 0 saturated carbocycles. The summed E-state index contributed by atoms with van der Waals surface area (Å²) in [5.74, 6) is -0.222. The van der Waals surface area contributed by atoms with Crippen molar-refractivity contribution in [3.63, 3.8) is 0 Å². The number of benzene rings is 1. The summed E-state index contributed by atoms with van der Waals surface area (Å²) >= 11 is 0. The number of amides is 3. The van der Waals surface area contributed by atoms with Crippen molar-refractivity contribution in [2.75, 3.05) is 52.9 Å². The normalized spacial score (nSPS) is 22.6. The fourth-order valence-corrected chi connectivity index (χ4v) is 3.62. The summed E-state index contributed by atoms with van der Waals surface area (Å²) in [6.07, 6.45) is -0.253. The van der Waals surface area contributed by atoms with Crippen LogP contribution in [0.3, 0.4) is 0 Å². The maximum atomic E-state index is 13.2. The summed E-state index contributed by atoms with van der Waals surface area (Å²) in [4.78, 5) is 40.7. The Hall–Kier alpha value is -2.65. The number of hydrogen-bond donors (Lipinski definition) is 1. The highest BCUT2D eigenvalue weighted by molar-refractivity contribution is 5.99. The van der Waals surface area contributed by atoms with E-state index in [0.717, 1.165) is 0 Å². The number of likely N-dealkylation sites (N-methyl/N-ethyl adjacent to an activating group) is 1. The lowest BCUT2D eigenvalue weighted by Crippen LogP contribution is -2.48. The predicted octanol–water partition coefficient (Wildman–Crippen LogP) is 1.62. The van der Waals surface area contributed by atoms with Gasteiger partial charge >= 0.3 is 0 Å². The van der Waals surface area contributed by atoms with Crippen LogP contribution in [-0.4, -0.2) is 87.2 Å². The molecule has 1 aromatic rings. The molecule has 0 saturated heterocycles. The van der Waals surface area contributed by atoms with E-state index in [2.05, 4.69) is 5.32 Å². The molecule has 1 aliphatic rings. The van der Waals surface area contributed by atoms with E-state index in [1.807, 2.05) is 13.8 Å². The third-order valence-electron chi connectivity index (χ3n) is 5.41. The van der Waals surface area contributed by atoms with Crippen molar-refractivity contribution >= 4 is 23.4 Å². The van der Waals surface area contributed by atoms with E-state index in [4.69, 9.17) is 14.2 Å². The average molecular weight is 436 g/mol. The lowest BCUT2D eigenvalue weighted by Gasteiger charge is -2.35. The topological polar surface area (TPSA) is 97.4 Å². The smallest absolute Gasteiger partial charge is 0.257 e. The lowest BCUT2D eigenvalue weighted by molar-refractivity contribution is -0.133. The van der Waals surface area contributed by atoms with Gasteiger partial charge in [0, 0.05) is 52.9 Å². The van der Waals surface area contributed by atoms with E-state index >= 15 is 0 Å². The summed E-state index contributed by atoms with van der Waals surface area (Å²) < 4.78 is 16.4. The standard InChI is InChI=1S/C22H33N3O6/c1-14-10-25(16(3)26)15(2)12-31-19-8-7-17(23-21(27)13-29-5)9-18(19)22(28)24(4)11-20(14)30-6/h7-9,14-15,20H,10-13H2,1-6H3,(H,23,27)/t14-,15-,20+/m0/s1. The Kier molecular flexibility index (Phi) is 8.82. The minimum atomic E-state index is -0.323. The Morgan fingerprint density at radius 1 is 1.23 bits per heavy atom. The van der Waals surface area contributed by atoms with E-state index < -0.39 is 0 Å². The number of ether oxygens (including phenoxy) is 3. The Balaban J connectivity index is 2.42. The molecule has 0 aliphatic carbocycles. The van der Waals surface area contributed by atoms with Crippen molar-refractivity contribution in [2.45, 2.75) is 32.9 Å². The lowest BCUT2D eigenvalue weighted by atomic mass is 10.0. The van der Waals surface area contributed by atoms with E-state index in [1.54, 1.807) is 42.2 Å². The van der Waals surface area contributed by atoms with Crippen LogP contribution in [0.5, 0.6) is 5.75 Å². The van der Waals surface area contributed by atoms with Crippen LogP contribution in [-0.2, 0) is 19.1 Å². The van der Waals surface area contributed by atoms with Crippen molar-refractivity contribution in [1.29, 1.82) is 0 Å². The van der Waals surface area contributed by atoms with Gasteiger partial charge in [-0.1, -0.05) is 6.92 Å². The average Bonchev–Trinajstić information content (AvgIpc) is 2.72. The minimum Gasteiger partial charge on any atom is -0.491 e. The van der Waals surface area contributed by atoms with Gasteiger partial charge in [0.15, 0.2) is 0 Å². The Labute approximate surface area is 183 Å². The molecule has 1 aromatic carbocycles. The van der Waals surface area contributed by atoms with Crippen LogP contribution in [0.25, 0.3) is 0 Å². The van der Waals surface area contributed by atoms with Crippen LogP contribution in [0.1, 0.15) is 31.1 Å². The summed E-state index contributed by atoms with van der Waals surface area (Å²) in [5.41, 5.74) is 0.788. The van der Waals surface area contributed by atoms with Crippen molar-refractivity contribution in [3.05, 3.63) is 23.8 Å². The summed E-state index contributed by atoms with van der Waals surface area (Å²) in [7, 11) is 4.73. The quantitative estimate of drug-likeness (QED) is 0.772. The number of anilines is 1. The van der Waals surface area contributed by atoms with E-state index in [1.165, 1.54) is 14.0 Å². The Bertz CT molecular complexity index is 799. The third kappa shape index (κ3) is 6.41. The molecule has 2 rings (SSSR count). The van der Waals surface area contributed by atoms with Gasteiger partial charge < -0.3 is 29.3 Å². The van der Waals surface area contributed by atoms with Gasteiger partial charge in [-0.3, -0.25) is 14.4 Å². The van der Waals surface area contributed by atoms with Crippen LogP contribution in [0, 0.1) is 5.92 Å². The number of rotatable bonds is 4. The summed E-state index contributed by atoms with van der Waals surface area (Å²) in [6, 6.07) is 4.71. The highest BCUT2D eigenvalue weighted by Crippen LogP contribution is 2.26. The molecular weight excluding hydrogens is 402 g/mol. The van der Waals surface area contributed by atoms with Crippen LogP contribution in [0.15, 0.2) is 18.2 Å². The zero-order chi connectivity index (χ0) is 23.1. The fraction of sp³-hybridized carbons (Fsp3) is 0.591. The van der Waals surface area contributed by atoms with Crippen molar-refractivity contribution in [3.8, 4) is 5.75 Å². The zero-order valence-corrected chi connectivity index (χ0v) is 19.1. The first kappa shape index (κ1) is 24.6. The zero-order valence-electron chi connectivity index (χ0n) is 19.1. The Morgan fingerprint density at radius 3 is 2.55 bits per heavy atom. The van der Waals surface area contributed by atoms with Gasteiger partial charge in [-0.15, -0.1) is 0 Å². The number of hydrogen-bond acceptors (Lipinski definition) is 6. The van der Waals surface area contributed by atoms with Gasteiger partial charge in [-0.25, -0.2) is 0 Å². The van der Waals surface area contributed by atoms with Gasteiger partial charge in [0.05, 0.1) is 17.7 Å². The summed E-state index contributed by atoms with van der Waals surface area (Å²) in [6.45, 7) is 6.42. The first-order valence-corrected chi connectivity index (χ1v) is 10.3. The van der Waals surface area contributed by atoms with Crippen LogP contribution in [0.2, 0.25) is 0 Å². The van der Waals surface area contributed by atoms with E-state index in [9.17, 15) is 14.4 Å². The maximum Gasteiger partial charge on any atom is 0.257 e. The van der Waals surface area contributed by atoms with E-state index in [-0.39, 0.29) is 49.0 Å². The van der Waals surface area contributed by atoms with Crippen molar-refractivity contribution in [2.24, 2.45) is 5.92 Å². The number of fused-ring (bicyclic) bond motifs is 1. The molecule has 0 bridgehead atoms. The first-order chi connectivity index (χ1) is 14.7. The van der Waals surface area contributed by atoms with Crippen molar-refractivity contribution in [1.82, 2.24) is 9.80 Å². The fourth-order valence-electron chi connectivity index (χ4n) is 3.62. The van der Waals surface area contributed by atoms with Crippen LogP contribution in [0.4, 0.5) is 5.69 Å². The molecule has 0 aromatic heterocycles. The molecule has 9 nitrogen and oxygen atoms in total. The molecule has 1 N–H and O–H groups in total. The Morgan fingerprint density at radius 2 is 1.94 bits per heavy atom. The molecule has 0 unspecified atom stereocenters. The number of methoxy groups -OCH3 is 2. The first-order valence-electron chi connectivity index (χ1n) is 10.3. The molecule has 1 aliphatic heterocycles. The second kappa shape index (κ2) is 11.1. The highest BCUT2D eigenvalue weighted by Gasteiger charge is 2.29. The largest absolute Gasteiger partial charge is 0.491 e. The predicted molar refractivity (Wildman–Crippen MR) is 116 cm³/mol. The summed E-state index contributed by atoms with van der Waals surface area (Å²) in [5, 5.41) is 2.70. The van der Waals surface area contributed by atoms with Crippen LogP contribution >= 0.6 is 0 Å². The monoisotopic (exact) mass is 435 g/mol. The van der Waals surface area contributed by atoms with Gasteiger partial charge in [-0.2, -0.15) is 0 Å². The SMILES string of the molecule is COCC(=O)Nc1ccc2c(c1)C(=O)N(C)C[C@@H](OC)[C@@H](C)CN(C(C)=O)[C@@H](C)CO2. The maximum absolute atomic E-state index is 13.2. The van der Waals surface area contributed by atoms with Crippen LogP contribution < -0.4 is 10.1 Å². The number of carbonyl (C=O) groups is 3. The number of nitrogens with zero attached hydrogens (tertiary/aromatic N) is 2. The third-order valence-corrected chi connectivity index (χ3v) is 5.41. The van der Waals surface area contributed by atoms with Gasteiger partial charge in [0.2, 0.25) is 11.8 Å². The molecule has 1 heterocycles. The second-order valence-corrected chi connectivity index (χ2v) is 7.96. The molecule has 31 heavy (non-hydrogen) atoms. The molecule has 0 radical (unpaired) electrons. The molecular formula is C22H33N3O6. The van der Waals surface area contributed by atoms with E-state index in [0.29, 0.717) is 30.1 Å². The molecule has 0 fully saturated rings. The molecule has 0 spiro atoms. The number of nitrogens with one attached hydrogen (secondary N) is 1. The van der Waals surface area contributed by atoms with Gasteiger partial charge in [0.25, 0.3) is 5.91 Å². The molecule has 172 valence electrons. The highest BCUT2D eigenvalue weighted by atomic mass is 16.5. The van der Waals surface area contributed by atoms with Gasteiger partial charge in [0.1, 0.15) is 19.0 Å². The minimum absolute atomic E-state index is 0.00478. The molecule has 3 atom stereocenters.